The molecule has 1 amide bonds. The van der Waals surface area contributed by atoms with Crippen molar-refractivity contribution in [3.05, 3.63) is 66.2 Å². The number of unbranched alkanes of at least 4 members (excludes halogenated alkanes) is 1. The van der Waals surface area contributed by atoms with Crippen LogP contribution in [0.1, 0.15) is 31.7 Å². The Labute approximate surface area is 144 Å². The molecule has 0 saturated heterocycles. The molecule has 4 nitrogen and oxygen atoms in total. The fourth-order valence-corrected chi connectivity index (χ4v) is 2.45. The lowest BCUT2D eigenvalue weighted by atomic mass is 10.1. The highest BCUT2D eigenvalue weighted by molar-refractivity contribution is 5.96. The molecule has 2 rings (SSSR count). The normalized spacial score (nSPS) is 11.9. The Hall–Kier alpha value is -2.17. The molecule has 0 radical (unpaired) electrons. The molecule has 2 aromatic rings. The predicted octanol–water partition coefficient (Wildman–Crippen LogP) is 3.93. The monoisotopic (exact) mass is 326 g/mol. The zero-order chi connectivity index (χ0) is 17.2. The van der Waals surface area contributed by atoms with E-state index in [0.717, 1.165) is 30.5 Å². The van der Waals surface area contributed by atoms with Crippen LogP contribution in [-0.2, 0) is 16.2 Å². The summed E-state index contributed by atoms with van der Waals surface area (Å²) in [6.45, 7) is 2.55. The molecule has 0 aromatic heterocycles. The molecule has 0 aliphatic rings. The van der Waals surface area contributed by atoms with Crippen LogP contribution in [0.2, 0.25) is 0 Å². The molecule has 1 unspecified atom stereocenters. The number of amides is 1. The minimum atomic E-state index is -0.348. The molecule has 24 heavy (non-hydrogen) atoms. The summed E-state index contributed by atoms with van der Waals surface area (Å²) in [5.41, 5.74) is 4.92. The first-order valence-corrected chi connectivity index (χ1v) is 8.46. The van der Waals surface area contributed by atoms with Gasteiger partial charge in [0.2, 0.25) is 5.91 Å². The largest absolute Gasteiger partial charge is 0.314 e. The number of anilines is 1. The fourth-order valence-electron chi connectivity index (χ4n) is 2.45. The van der Waals surface area contributed by atoms with E-state index in [0.29, 0.717) is 6.61 Å². The van der Waals surface area contributed by atoms with Gasteiger partial charge in [-0.2, -0.15) is 5.48 Å². The summed E-state index contributed by atoms with van der Waals surface area (Å²) in [5, 5.41) is 0. The van der Waals surface area contributed by atoms with Crippen LogP contribution in [0.15, 0.2) is 60.7 Å². The quantitative estimate of drug-likeness (QED) is 0.710. The van der Waals surface area contributed by atoms with Crippen molar-refractivity contribution >= 4 is 11.6 Å². The maximum absolute atomic E-state index is 12.8. The number of hydrogen-bond acceptors (Lipinski definition) is 3. The first kappa shape index (κ1) is 18.2. The third kappa shape index (κ3) is 5.48. The molecule has 0 aliphatic carbocycles. The minimum absolute atomic E-state index is 0.0164. The second-order valence-electron chi connectivity index (χ2n) is 5.82. The van der Waals surface area contributed by atoms with Gasteiger partial charge in [0.05, 0.1) is 6.61 Å². The van der Waals surface area contributed by atoms with Crippen molar-refractivity contribution in [2.24, 2.45) is 0 Å². The van der Waals surface area contributed by atoms with E-state index in [1.54, 1.807) is 11.9 Å². The number of nitrogens with one attached hydrogen (secondary N) is 1. The van der Waals surface area contributed by atoms with Gasteiger partial charge < -0.3 is 4.90 Å². The average molecular weight is 326 g/mol. The smallest absolute Gasteiger partial charge is 0.246 e. The standard InChI is InChI=1S/C20H26N2O2/c1-3-4-15-19(21-24-16-17-11-7-5-8-12-17)20(23)22(2)18-13-9-6-10-14-18/h5-14,19,21H,3-4,15-16H2,1-2H3. The highest BCUT2D eigenvalue weighted by atomic mass is 16.6. The Morgan fingerprint density at radius 2 is 1.71 bits per heavy atom. The number of benzene rings is 2. The lowest BCUT2D eigenvalue weighted by molar-refractivity contribution is -0.125. The van der Waals surface area contributed by atoms with Gasteiger partial charge in [-0.05, 0) is 24.1 Å². The maximum Gasteiger partial charge on any atom is 0.246 e. The van der Waals surface area contributed by atoms with Crippen LogP contribution in [0.25, 0.3) is 0 Å². The Kier molecular flexibility index (Phi) is 7.46. The van der Waals surface area contributed by atoms with Crippen molar-refractivity contribution in [3.8, 4) is 0 Å². The van der Waals surface area contributed by atoms with Crippen LogP contribution < -0.4 is 10.4 Å². The molecule has 0 heterocycles. The number of hydroxylamine groups is 1. The summed E-state index contributed by atoms with van der Waals surface area (Å²) in [6.07, 6.45) is 2.77. The molecule has 0 spiro atoms. The van der Waals surface area contributed by atoms with E-state index in [1.165, 1.54) is 0 Å². The molecule has 2 aromatic carbocycles. The SMILES string of the molecule is CCCCC(NOCc1ccccc1)C(=O)N(C)c1ccccc1. The van der Waals surface area contributed by atoms with Crippen molar-refractivity contribution in [2.75, 3.05) is 11.9 Å². The van der Waals surface area contributed by atoms with Crippen molar-refractivity contribution in [1.29, 1.82) is 0 Å². The van der Waals surface area contributed by atoms with Crippen molar-refractivity contribution in [2.45, 2.75) is 38.8 Å². The molecular formula is C20H26N2O2. The Morgan fingerprint density at radius 3 is 2.33 bits per heavy atom. The van der Waals surface area contributed by atoms with Gasteiger partial charge in [-0.1, -0.05) is 68.3 Å². The van der Waals surface area contributed by atoms with Gasteiger partial charge >= 0.3 is 0 Å². The number of likely N-dealkylation sites (N-methyl/N-ethyl adjacent to an activating group) is 1. The molecular weight excluding hydrogens is 300 g/mol. The topological polar surface area (TPSA) is 41.6 Å². The van der Waals surface area contributed by atoms with Crippen LogP contribution in [0.3, 0.4) is 0 Å². The Morgan fingerprint density at radius 1 is 1.08 bits per heavy atom. The number of rotatable bonds is 9. The second-order valence-corrected chi connectivity index (χ2v) is 5.82. The number of carbonyl (C=O) groups excluding carboxylic acids is 1. The number of nitrogens with zero attached hydrogens (tertiary/aromatic N) is 1. The average Bonchev–Trinajstić information content (AvgIpc) is 2.65. The van der Waals surface area contributed by atoms with Crippen LogP contribution in [0.4, 0.5) is 5.69 Å². The van der Waals surface area contributed by atoms with Gasteiger partial charge in [0.25, 0.3) is 0 Å². The van der Waals surface area contributed by atoms with Crippen molar-refractivity contribution in [3.63, 3.8) is 0 Å². The van der Waals surface area contributed by atoms with E-state index in [1.807, 2.05) is 60.7 Å². The third-order valence-corrected chi connectivity index (χ3v) is 3.93. The van der Waals surface area contributed by atoms with Crippen LogP contribution in [-0.4, -0.2) is 19.0 Å². The predicted molar refractivity (Wildman–Crippen MR) is 97.5 cm³/mol. The summed E-state index contributed by atoms with van der Waals surface area (Å²) in [7, 11) is 1.80. The summed E-state index contributed by atoms with van der Waals surface area (Å²) >= 11 is 0. The van der Waals surface area contributed by atoms with Gasteiger partial charge in [-0.15, -0.1) is 0 Å². The van der Waals surface area contributed by atoms with E-state index in [2.05, 4.69) is 12.4 Å². The molecule has 0 bridgehead atoms. The van der Waals surface area contributed by atoms with Crippen molar-refractivity contribution < 1.29 is 9.63 Å². The van der Waals surface area contributed by atoms with Crippen LogP contribution in [0, 0.1) is 0 Å². The number of hydrogen-bond donors (Lipinski definition) is 1. The summed E-state index contributed by atoms with van der Waals surface area (Å²) in [4.78, 5) is 20.0. The van der Waals surface area contributed by atoms with E-state index in [9.17, 15) is 4.79 Å². The molecule has 0 aliphatic heterocycles. The molecule has 128 valence electrons. The lowest BCUT2D eigenvalue weighted by Gasteiger charge is -2.24. The van der Waals surface area contributed by atoms with Gasteiger partial charge in [-0.3, -0.25) is 9.63 Å². The summed E-state index contributed by atoms with van der Waals surface area (Å²) in [6, 6.07) is 19.2. The first-order chi connectivity index (χ1) is 11.7. The van der Waals surface area contributed by atoms with E-state index in [-0.39, 0.29) is 11.9 Å². The van der Waals surface area contributed by atoms with Gasteiger partial charge in [0, 0.05) is 12.7 Å². The number of carbonyl (C=O) groups is 1. The lowest BCUT2D eigenvalue weighted by Crippen LogP contribution is -2.45. The Balaban J connectivity index is 1.94. The molecule has 0 saturated carbocycles. The molecule has 1 N–H and O–H groups in total. The minimum Gasteiger partial charge on any atom is -0.314 e. The molecule has 4 heteroatoms. The summed E-state index contributed by atoms with van der Waals surface area (Å²) in [5.74, 6) is 0.0164. The number of para-hydroxylation sites is 1. The van der Waals surface area contributed by atoms with Crippen LogP contribution >= 0.6 is 0 Å². The van der Waals surface area contributed by atoms with E-state index in [4.69, 9.17) is 4.84 Å². The Bertz CT molecular complexity index is 602. The zero-order valence-electron chi connectivity index (χ0n) is 14.4. The van der Waals surface area contributed by atoms with Gasteiger partial charge in [0.15, 0.2) is 0 Å². The van der Waals surface area contributed by atoms with Gasteiger partial charge in [0.1, 0.15) is 6.04 Å². The van der Waals surface area contributed by atoms with E-state index < -0.39 is 0 Å². The third-order valence-electron chi connectivity index (χ3n) is 3.93. The summed E-state index contributed by atoms with van der Waals surface area (Å²) < 4.78 is 0. The second kappa shape index (κ2) is 9.85. The van der Waals surface area contributed by atoms with Crippen molar-refractivity contribution in [1.82, 2.24) is 5.48 Å². The highest BCUT2D eigenvalue weighted by Crippen LogP contribution is 2.14. The first-order valence-electron chi connectivity index (χ1n) is 8.46. The molecule has 1 atom stereocenters. The maximum atomic E-state index is 12.8. The zero-order valence-corrected chi connectivity index (χ0v) is 14.4. The van der Waals surface area contributed by atoms with E-state index >= 15 is 0 Å². The molecule has 0 fully saturated rings. The fraction of sp³-hybridized carbons (Fsp3) is 0.350. The van der Waals surface area contributed by atoms with Crippen LogP contribution in [0.5, 0.6) is 0 Å². The highest BCUT2D eigenvalue weighted by Gasteiger charge is 2.22. The van der Waals surface area contributed by atoms with Gasteiger partial charge in [-0.25, -0.2) is 0 Å².